The minimum Gasteiger partial charge on any atom is -0.256 e. The van der Waals surface area contributed by atoms with Crippen molar-refractivity contribution in [3.63, 3.8) is 0 Å². The Kier molecular flexibility index (Phi) is 2.80. The molecule has 1 aromatic heterocycles. The summed E-state index contributed by atoms with van der Waals surface area (Å²) in [5, 5.41) is 0. The Labute approximate surface area is 88.4 Å². The Morgan fingerprint density at radius 1 is 1.07 bits per heavy atom. The number of hydrogen-bond donors (Lipinski definition) is 0. The maximum atomic E-state index is 5.76. The van der Waals surface area contributed by atoms with Gasteiger partial charge < -0.3 is 0 Å². The number of halogens is 1. The third kappa shape index (κ3) is 1.94. The zero-order chi connectivity index (χ0) is 9.80. The van der Waals surface area contributed by atoms with Crippen LogP contribution in [0.15, 0.2) is 48.7 Å². The Bertz CT molecular complexity index is 412. The van der Waals surface area contributed by atoms with Crippen molar-refractivity contribution in [2.45, 2.75) is 5.88 Å². The number of nitrogens with zero attached hydrogens (tertiary/aromatic N) is 1. The van der Waals surface area contributed by atoms with Crippen molar-refractivity contribution in [3.05, 3.63) is 54.2 Å². The highest BCUT2D eigenvalue weighted by Gasteiger charge is 1.98. The number of benzene rings is 1. The van der Waals surface area contributed by atoms with Gasteiger partial charge in [0, 0.05) is 17.6 Å². The van der Waals surface area contributed by atoms with Crippen LogP contribution in [0.2, 0.25) is 0 Å². The molecule has 1 heterocycles. The van der Waals surface area contributed by atoms with E-state index in [1.807, 2.05) is 42.5 Å². The smallest absolute Gasteiger partial charge is 0.0705 e. The molecular formula is C12H10ClN. The van der Waals surface area contributed by atoms with Crippen LogP contribution >= 0.6 is 11.6 Å². The van der Waals surface area contributed by atoms with Crippen LogP contribution in [0.5, 0.6) is 0 Å². The van der Waals surface area contributed by atoms with Crippen LogP contribution < -0.4 is 0 Å². The predicted molar refractivity (Wildman–Crippen MR) is 59.2 cm³/mol. The summed E-state index contributed by atoms with van der Waals surface area (Å²) in [5.41, 5.74) is 3.20. The van der Waals surface area contributed by atoms with Crippen LogP contribution in [0.1, 0.15) is 5.56 Å². The molecule has 2 aromatic rings. The highest BCUT2D eigenvalue weighted by atomic mass is 35.5. The number of pyridine rings is 1. The van der Waals surface area contributed by atoms with Gasteiger partial charge in [-0.05, 0) is 17.7 Å². The summed E-state index contributed by atoms with van der Waals surface area (Å²) in [6.45, 7) is 0. The molecule has 14 heavy (non-hydrogen) atoms. The van der Waals surface area contributed by atoms with Crippen molar-refractivity contribution in [1.29, 1.82) is 0 Å². The first-order valence-electron chi connectivity index (χ1n) is 4.46. The molecular weight excluding hydrogens is 194 g/mol. The summed E-state index contributed by atoms with van der Waals surface area (Å²) in [6, 6.07) is 14.0. The number of aromatic nitrogens is 1. The molecule has 0 bridgehead atoms. The van der Waals surface area contributed by atoms with E-state index in [4.69, 9.17) is 11.6 Å². The van der Waals surface area contributed by atoms with Gasteiger partial charge in [0.15, 0.2) is 0 Å². The normalized spacial score (nSPS) is 10.1. The fraction of sp³-hybridized carbons (Fsp3) is 0.0833. The fourth-order valence-corrected chi connectivity index (χ4v) is 1.49. The first kappa shape index (κ1) is 9.22. The minimum absolute atomic E-state index is 0.530. The summed E-state index contributed by atoms with van der Waals surface area (Å²) >= 11 is 5.76. The fourth-order valence-electron chi connectivity index (χ4n) is 1.32. The molecule has 0 saturated carbocycles. The van der Waals surface area contributed by atoms with E-state index in [2.05, 4.69) is 4.98 Å². The Morgan fingerprint density at radius 2 is 1.86 bits per heavy atom. The third-order valence-corrected chi connectivity index (χ3v) is 2.36. The van der Waals surface area contributed by atoms with Gasteiger partial charge in [0.1, 0.15) is 0 Å². The molecule has 0 amide bonds. The summed E-state index contributed by atoms with van der Waals surface area (Å²) < 4.78 is 0. The first-order valence-corrected chi connectivity index (χ1v) is 5.00. The first-order chi connectivity index (χ1) is 6.90. The zero-order valence-corrected chi connectivity index (χ0v) is 8.41. The van der Waals surface area contributed by atoms with Crippen LogP contribution in [-0.2, 0) is 5.88 Å². The van der Waals surface area contributed by atoms with Crippen LogP contribution in [0.4, 0.5) is 0 Å². The molecule has 2 rings (SSSR count). The summed E-state index contributed by atoms with van der Waals surface area (Å²) in [6.07, 6.45) is 1.79. The Hall–Kier alpha value is -1.34. The van der Waals surface area contributed by atoms with Gasteiger partial charge in [-0.15, -0.1) is 11.6 Å². The van der Waals surface area contributed by atoms with E-state index in [-0.39, 0.29) is 0 Å². The van der Waals surface area contributed by atoms with E-state index in [9.17, 15) is 0 Å². The van der Waals surface area contributed by atoms with E-state index < -0.39 is 0 Å². The maximum Gasteiger partial charge on any atom is 0.0705 e. The second-order valence-electron chi connectivity index (χ2n) is 3.05. The highest BCUT2D eigenvalue weighted by molar-refractivity contribution is 6.17. The molecule has 0 fully saturated rings. The lowest BCUT2D eigenvalue weighted by atomic mass is 10.1. The van der Waals surface area contributed by atoms with Crippen LogP contribution in [0.25, 0.3) is 11.3 Å². The van der Waals surface area contributed by atoms with Crippen LogP contribution in [0.3, 0.4) is 0 Å². The van der Waals surface area contributed by atoms with Gasteiger partial charge in [-0.25, -0.2) is 0 Å². The molecule has 1 nitrogen and oxygen atoms in total. The molecule has 1 aromatic carbocycles. The number of hydrogen-bond acceptors (Lipinski definition) is 1. The van der Waals surface area contributed by atoms with Crippen molar-refractivity contribution in [3.8, 4) is 11.3 Å². The van der Waals surface area contributed by atoms with Gasteiger partial charge in [0.25, 0.3) is 0 Å². The molecule has 0 atom stereocenters. The topological polar surface area (TPSA) is 12.9 Å². The lowest BCUT2D eigenvalue weighted by Gasteiger charge is -2.01. The van der Waals surface area contributed by atoms with Crippen molar-refractivity contribution in [2.24, 2.45) is 0 Å². The third-order valence-electron chi connectivity index (χ3n) is 2.05. The molecule has 0 aliphatic heterocycles. The lowest BCUT2D eigenvalue weighted by Crippen LogP contribution is -1.85. The van der Waals surface area contributed by atoms with E-state index in [1.165, 1.54) is 0 Å². The van der Waals surface area contributed by atoms with Crippen LogP contribution in [-0.4, -0.2) is 4.98 Å². The predicted octanol–water partition coefficient (Wildman–Crippen LogP) is 3.49. The van der Waals surface area contributed by atoms with Crippen molar-refractivity contribution in [1.82, 2.24) is 4.98 Å². The SMILES string of the molecule is ClCc1ccnc(-c2ccccc2)c1. The molecule has 0 N–H and O–H groups in total. The van der Waals surface area contributed by atoms with Crippen LogP contribution in [0, 0.1) is 0 Å². The highest BCUT2D eigenvalue weighted by Crippen LogP contribution is 2.17. The molecule has 0 unspecified atom stereocenters. The molecule has 0 saturated heterocycles. The quantitative estimate of drug-likeness (QED) is 0.681. The van der Waals surface area contributed by atoms with E-state index >= 15 is 0 Å². The largest absolute Gasteiger partial charge is 0.256 e. The lowest BCUT2D eigenvalue weighted by molar-refractivity contribution is 1.27. The molecule has 0 aliphatic rings. The summed E-state index contributed by atoms with van der Waals surface area (Å²) in [4.78, 5) is 4.30. The average molecular weight is 204 g/mol. The van der Waals surface area contributed by atoms with Gasteiger partial charge in [-0.2, -0.15) is 0 Å². The Morgan fingerprint density at radius 3 is 2.57 bits per heavy atom. The zero-order valence-electron chi connectivity index (χ0n) is 7.65. The summed E-state index contributed by atoms with van der Waals surface area (Å²) in [7, 11) is 0. The second-order valence-corrected chi connectivity index (χ2v) is 3.32. The number of rotatable bonds is 2. The van der Waals surface area contributed by atoms with Crippen molar-refractivity contribution in [2.75, 3.05) is 0 Å². The number of alkyl halides is 1. The average Bonchev–Trinajstić information content (AvgIpc) is 2.30. The summed E-state index contributed by atoms with van der Waals surface area (Å²) in [5.74, 6) is 0.530. The monoisotopic (exact) mass is 203 g/mol. The van der Waals surface area contributed by atoms with Gasteiger partial charge >= 0.3 is 0 Å². The van der Waals surface area contributed by atoms with Gasteiger partial charge in [-0.3, -0.25) is 4.98 Å². The molecule has 2 heteroatoms. The molecule has 70 valence electrons. The van der Waals surface area contributed by atoms with Gasteiger partial charge in [-0.1, -0.05) is 30.3 Å². The molecule has 0 aliphatic carbocycles. The van der Waals surface area contributed by atoms with Gasteiger partial charge in [0.05, 0.1) is 5.69 Å². The minimum atomic E-state index is 0.530. The van der Waals surface area contributed by atoms with Crippen molar-refractivity contribution < 1.29 is 0 Å². The van der Waals surface area contributed by atoms with E-state index in [1.54, 1.807) is 6.20 Å². The van der Waals surface area contributed by atoms with E-state index in [0.29, 0.717) is 5.88 Å². The molecule has 0 radical (unpaired) electrons. The molecule has 0 spiro atoms. The van der Waals surface area contributed by atoms with E-state index in [0.717, 1.165) is 16.8 Å². The van der Waals surface area contributed by atoms with Gasteiger partial charge in [0.2, 0.25) is 0 Å². The standard InChI is InChI=1S/C12H10ClN/c13-9-10-6-7-14-12(8-10)11-4-2-1-3-5-11/h1-8H,9H2. The second kappa shape index (κ2) is 4.25. The van der Waals surface area contributed by atoms with Crippen molar-refractivity contribution >= 4 is 11.6 Å². The Balaban J connectivity index is 2.42. The maximum absolute atomic E-state index is 5.76.